The second-order valence-corrected chi connectivity index (χ2v) is 5.98. The number of methoxy groups -OCH3 is 1. The summed E-state index contributed by atoms with van der Waals surface area (Å²) in [5.41, 5.74) is 1.77. The van der Waals surface area contributed by atoms with Crippen molar-refractivity contribution in [2.45, 2.75) is 20.3 Å². The minimum Gasteiger partial charge on any atom is -0.497 e. The molecule has 2 aromatic carbocycles. The van der Waals surface area contributed by atoms with E-state index >= 15 is 0 Å². The predicted octanol–water partition coefficient (Wildman–Crippen LogP) is 2.81. The molecule has 6 nitrogen and oxygen atoms in total. The molecular formula is C21H26N2O4. The molecule has 2 rings (SSSR count). The summed E-state index contributed by atoms with van der Waals surface area (Å²) in [6.45, 7) is 4.41. The maximum atomic E-state index is 12.2. The van der Waals surface area contributed by atoms with Crippen LogP contribution in [0.4, 0.5) is 5.69 Å². The molecule has 0 atom stereocenters. The summed E-state index contributed by atoms with van der Waals surface area (Å²) in [5, 5.41) is 2.86. The van der Waals surface area contributed by atoms with Gasteiger partial charge in [0.25, 0.3) is 0 Å². The van der Waals surface area contributed by atoms with Gasteiger partial charge in [-0.15, -0.1) is 0 Å². The zero-order chi connectivity index (χ0) is 19.6. The van der Waals surface area contributed by atoms with Crippen molar-refractivity contribution in [1.82, 2.24) is 5.32 Å². The third-order valence-electron chi connectivity index (χ3n) is 4.04. The van der Waals surface area contributed by atoms with Gasteiger partial charge in [0, 0.05) is 19.2 Å². The third-order valence-corrected chi connectivity index (χ3v) is 4.04. The van der Waals surface area contributed by atoms with E-state index < -0.39 is 0 Å². The quantitative estimate of drug-likeness (QED) is 0.737. The lowest BCUT2D eigenvalue weighted by atomic mass is 10.1. The highest BCUT2D eigenvalue weighted by atomic mass is 16.5. The van der Waals surface area contributed by atoms with Crippen LogP contribution >= 0.6 is 0 Å². The van der Waals surface area contributed by atoms with E-state index in [4.69, 9.17) is 9.47 Å². The number of hydrogen-bond donors (Lipinski definition) is 1. The van der Waals surface area contributed by atoms with Crippen LogP contribution in [0.15, 0.2) is 48.5 Å². The number of carbonyl (C=O) groups excluding carboxylic acids is 2. The molecule has 0 aliphatic rings. The summed E-state index contributed by atoms with van der Waals surface area (Å²) < 4.78 is 10.5. The number of anilines is 1. The molecule has 1 N–H and O–H groups in total. The Morgan fingerprint density at radius 1 is 1.00 bits per heavy atom. The summed E-state index contributed by atoms with van der Waals surface area (Å²) in [6, 6.07) is 14.8. The van der Waals surface area contributed by atoms with Crippen LogP contribution in [0.1, 0.15) is 19.4 Å². The van der Waals surface area contributed by atoms with Crippen LogP contribution in [0.5, 0.6) is 11.5 Å². The maximum Gasteiger partial charge on any atom is 0.240 e. The molecule has 0 saturated carbocycles. The lowest BCUT2D eigenvalue weighted by Crippen LogP contribution is -2.40. The van der Waals surface area contributed by atoms with Crippen molar-refractivity contribution in [3.63, 3.8) is 0 Å². The van der Waals surface area contributed by atoms with Crippen LogP contribution in [-0.4, -0.2) is 38.6 Å². The molecule has 0 fully saturated rings. The summed E-state index contributed by atoms with van der Waals surface area (Å²) in [6.07, 6.45) is 0.707. The standard InChI is InChI=1S/C21H26N2O4/c1-4-27-20-11-7-18(8-12-20)23(16(2)24)15-21(25)22-14-13-17-5-9-19(26-3)10-6-17/h5-12H,4,13-15H2,1-3H3,(H,22,25). The SMILES string of the molecule is CCOc1ccc(N(CC(=O)NCCc2ccc(OC)cc2)C(C)=O)cc1. The van der Waals surface area contributed by atoms with E-state index in [0.717, 1.165) is 17.1 Å². The topological polar surface area (TPSA) is 67.9 Å². The highest BCUT2D eigenvalue weighted by Crippen LogP contribution is 2.19. The highest BCUT2D eigenvalue weighted by Gasteiger charge is 2.15. The second-order valence-electron chi connectivity index (χ2n) is 5.98. The predicted molar refractivity (Wildman–Crippen MR) is 105 cm³/mol. The maximum absolute atomic E-state index is 12.2. The molecule has 27 heavy (non-hydrogen) atoms. The largest absolute Gasteiger partial charge is 0.497 e. The fourth-order valence-corrected chi connectivity index (χ4v) is 2.61. The van der Waals surface area contributed by atoms with Gasteiger partial charge in [-0.1, -0.05) is 12.1 Å². The Kier molecular flexibility index (Phi) is 7.67. The van der Waals surface area contributed by atoms with Crippen molar-refractivity contribution < 1.29 is 19.1 Å². The Hall–Kier alpha value is -3.02. The Morgan fingerprint density at radius 2 is 1.63 bits per heavy atom. The van der Waals surface area contributed by atoms with E-state index in [9.17, 15) is 9.59 Å². The van der Waals surface area contributed by atoms with Gasteiger partial charge < -0.3 is 19.7 Å². The molecule has 0 heterocycles. The Bertz CT molecular complexity index is 742. The average Bonchev–Trinajstić information content (AvgIpc) is 2.67. The highest BCUT2D eigenvalue weighted by molar-refractivity contribution is 5.97. The van der Waals surface area contributed by atoms with Crippen molar-refractivity contribution in [2.75, 3.05) is 31.7 Å². The van der Waals surface area contributed by atoms with Crippen LogP contribution < -0.4 is 19.7 Å². The first-order valence-corrected chi connectivity index (χ1v) is 8.94. The molecule has 0 aromatic heterocycles. The lowest BCUT2D eigenvalue weighted by Gasteiger charge is -2.21. The molecular weight excluding hydrogens is 344 g/mol. The van der Waals surface area contributed by atoms with Crippen molar-refractivity contribution in [2.24, 2.45) is 0 Å². The van der Waals surface area contributed by atoms with Gasteiger partial charge in [-0.3, -0.25) is 9.59 Å². The molecule has 0 aliphatic carbocycles. The monoisotopic (exact) mass is 370 g/mol. The van der Waals surface area contributed by atoms with Gasteiger partial charge in [0.05, 0.1) is 13.7 Å². The summed E-state index contributed by atoms with van der Waals surface area (Å²) in [4.78, 5) is 25.6. The van der Waals surface area contributed by atoms with E-state index in [1.54, 1.807) is 31.4 Å². The van der Waals surface area contributed by atoms with Crippen molar-refractivity contribution in [3.8, 4) is 11.5 Å². The number of amides is 2. The molecule has 0 unspecified atom stereocenters. The summed E-state index contributed by atoms with van der Waals surface area (Å²) in [5.74, 6) is 1.14. The Morgan fingerprint density at radius 3 is 2.19 bits per heavy atom. The fourth-order valence-electron chi connectivity index (χ4n) is 2.61. The van der Waals surface area contributed by atoms with Crippen LogP contribution in [0, 0.1) is 0 Å². The number of hydrogen-bond acceptors (Lipinski definition) is 4. The van der Waals surface area contributed by atoms with Crippen LogP contribution in [-0.2, 0) is 16.0 Å². The van der Waals surface area contributed by atoms with Crippen LogP contribution in [0.2, 0.25) is 0 Å². The number of carbonyl (C=O) groups is 2. The molecule has 2 amide bonds. The first kappa shape index (κ1) is 20.3. The first-order valence-electron chi connectivity index (χ1n) is 8.94. The van der Waals surface area contributed by atoms with E-state index in [1.807, 2.05) is 31.2 Å². The summed E-state index contributed by atoms with van der Waals surface area (Å²) in [7, 11) is 1.63. The van der Waals surface area contributed by atoms with Gasteiger partial charge in [0.15, 0.2) is 0 Å². The molecule has 2 aromatic rings. The van der Waals surface area contributed by atoms with Crippen LogP contribution in [0.25, 0.3) is 0 Å². The third kappa shape index (κ3) is 6.33. The molecule has 0 spiro atoms. The van der Waals surface area contributed by atoms with E-state index in [1.165, 1.54) is 11.8 Å². The smallest absolute Gasteiger partial charge is 0.240 e. The minimum atomic E-state index is -0.201. The number of nitrogens with zero attached hydrogens (tertiary/aromatic N) is 1. The second kappa shape index (κ2) is 10.2. The number of benzene rings is 2. The molecule has 0 aliphatic heterocycles. The first-order chi connectivity index (χ1) is 13.0. The number of rotatable bonds is 9. The van der Waals surface area contributed by atoms with E-state index in [2.05, 4.69) is 5.32 Å². The molecule has 0 bridgehead atoms. The zero-order valence-corrected chi connectivity index (χ0v) is 16.0. The van der Waals surface area contributed by atoms with Gasteiger partial charge in [0.2, 0.25) is 11.8 Å². The molecule has 6 heteroatoms. The van der Waals surface area contributed by atoms with E-state index in [0.29, 0.717) is 25.3 Å². The van der Waals surface area contributed by atoms with Crippen molar-refractivity contribution in [1.29, 1.82) is 0 Å². The van der Waals surface area contributed by atoms with Crippen molar-refractivity contribution >= 4 is 17.5 Å². The summed E-state index contributed by atoms with van der Waals surface area (Å²) >= 11 is 0. The van der Waals surface area contributed by atoms with Gasteiger partial charge in [0.1, 0.15) is 18.0 Å². The lowest BCUT2D eigenvalue weighted by molar-refractivity contribution is -0.123. The zero-order valence-electron chi connectivity index (χ0n) is 16.0. The number of nitrogens with one attached hydrogen (secondary N) is 1. The minimum absolute atomic E-state index is 0.0219. The van der Waals surface area contributed by atoms with Gasteiger partial charge in [-0.2, -0.15) is 0 Å². The Labute approximate surface area is 160 Å². The number of ether oxygens (including phenoxy) is 2. The molecule has 0 radical (unpaired) electrons. The fraction of sp³-hybridized carbons (Fsp3) is 0.333. The van der Waals surface area contributed by atoms with Gasteiger partial charge >= 0.3 is 0 Å². The van der Waals surface area contributed by atoms with Gasteiger partial charge in [-0.05, 0) is 55.3 Å². The van der Waals surface area contributed by atoms with Crippen LogP contribution in [0.3, 0.4) is 0 Å². The Balaban J connectivity index is 1.87. The normalized spacial score (nSPS) is 10.2. The average molecular weight is 370 g/mol. The molecule has 144 valence electrons. The molecule has 0 saturated heterocycles. The van der Waals surface area contributed by atoms with E-state index in [-0.39, 0.29) is 18.4 Å². The van der Waals surface area contributed by atoms with Crippen molar-refractivity contribution in [3.05, 3.63) is 54.1 Å². The van der Waals surface area contributed by atoms with Gasteiger partial charge in [-0.25, -0.2) is 0 Å².